The van der Waals surface area contributed by atoms with Crippen molar-refractivity contribution in [3.63, 3.8) is 0 Å². The Balaban J connectivity index is 2.21. The molecule has 5 heteroatoms. The molecular weight excluding hydrogens is 232 g/mol. The average molecular weight is 256 g/mol. The van der Waals surface area contributed by atoms with Crippen molar-refractivity contribution < 1.29 is 14.7 Å². The van der Waals surface area contributed by atoms with Gasteiger partial charge in [0.05, 0.1) is 6.10 Å². The third-order valence-corrected chi connectivity index (χ3v) is 3.20. The Morgan fingerprint density at radius 3 is 2.44 bits per heavy atom. The number of amides is 2. The van der Waals surface area contributed by atoms with Crippen molar-refractivity contribution in [1.82, 2.24) is 10.6 Å². The van der Waals surface area contributed by atoms with Gasteiger partial charge in [-0.25, -0.2) is 0 Å². The number of rotatable bonds is 6. The predicted octanol–water partition coefficient (Wildman–Crippen LogP) is 0.568. The van der Waals surface area contributed by atoms with Crippen LogP contribution in [0.5, 0.6) is 0 Å². The number of carbonyl (C=O) groups is 2. The van der Waals surface area contributed by atoms with Gasteiger partial charge in [-0.1, -0.05) is 12.8 Å². The third kappa shape index (κ3) is 5.49. The summed E-state index contributed by atoms with van der Waals surface area (Å²) in [5.74, 6) is 0.0615. The van der Waals surface area contributed by atoms with Gasteiger partial charge in [0.2, 0.25) is 11.8 Å². The standard InChI is InChI=1S/C13H24N2O3/c1-9(7-12(17)14-8-10(2)16)15-13(18)11-5-3-4-6-11/h9-11,16H,3-8H2,1-2H3,(H,14,17)(H,15,18). The van der Waals surface area contributed by atoms with Gasteiger partial charge in [-0.2, -0.15) is 0 Å². The Labute approximate surface area is 108 Å². The fourth-order valence-corrected chi connectivity index (χ4v) is 2.21. The molecule has 0 aliphatic heterocycles. The van der Waals surface area contributed by atoms with E-state index in [4.69, 9.17) is 5.11 Å². The normalized spacial score (nSPS) is 19.3. The van der Waals surface area contributed by atoms with E-state index in [1.54, 1.807) is 6.92 Å². The Hall–Kier alpha value is -1.10. The molecule has 3 N–H and O–H groups in total. The molecule has 104 valence electrons. The van der Waals surface area contributed by atoms with Gasteiger partial charge >= 0.3 is 0 Å². The number of carbonyl (C=O) groups excluding carboxylic acids is 2. The number of nitrogens with one attached hydrogen (secondary N) is 2. The molecule has 1 rings (SSSR count). The molecule has 0 aromatic heterocycles. The van der Waals surface area contributed by atoms with E-state index in [-0.39, 0.29) is 36.7 Å². The molecule has 0 radical (unpaired) electrons. The molecule has 0 bridgehead atoms. The molecule has 1 aliphatic carbocycles. The second-order valence-corrected chi connectivity index (χ2v) is 5.25. The Morgan fingerprint density at radius 2 is 1.89 bits per heavy atom. The highest BCUT2D eigenvalue weighted by molar-refractivity contribution is 5.81. The average Bonchev–Trinajstić information content (AvgIpc) is 2.79. The lowest BCUT2D eigenvalue weighted by Crippen LogP contribution is -2.40. The first kappa shape index (κ1) is 15.0. The molecule has 1 saturated carbocycles. The van der Waals surface area contributed by atoms with Crippen LogP contribution in [-0.4, -0.2) is 35.6 Å². The molecule has 1 aliphatic rings. The van der Waals surface area contributed by atoms with Crippen LogP contribution in [0.4, 0.5) is 0 Å². The first-order valence-electron chi connectivity index (χ1n) is 6.74. The van der Waals surface area contributed by atoms with E-state index in [1.807, 2.05) is 6.92 Å². The third-order valence-electron chi connectivity index (χ3n) is 3.20. The van der Waals surface area contributed by atoms with Crippen molar-refractivity contribution in [2.24, 2.45) is 5.92 Å². The summed E-state index contributed by atoms with van der Waals surface area (Å²) in [6.45, 7) is 3.70. The molecule has 1 fully saturated rings. The minimum absolute atomic E-state index is 0.0725. The number of hydrogen-bond acceptors (Lipinski definition) is 3. The minimum Gasteiger partial charge on any atom is -0.392 e. The van der Waals surface area contributed by atoms with E-state index in [0.717, 1.165) is 25.7 Å². The highest BCUT2D eigenvalue weighted by Gasteiger charge is 2.24. The zero-order valence-electron chi connectivity index (χ0n) is 11.2. The lowest BCUT2D eigenvalue weighted by Gasteiger charge is -2.17. The first-order valence-corrected chi connectivity index (χ1v) is 6.74. The molecule has 18 heavy (non-hydrogen) atoms. The molecule has 2 amide bonds. The van der Waals surface area contributed by atoms with Gasteiger partial charge in [0, 0.05) is 24.9 Å². The number of hydrogen-bond donors (Lipinski definition) is 3. The van der Waals surface area contributed by atoms with E-state index in [2.05, 4.69) is 10.6 Å². The topological polar surface area (TPSA) is 78.4 Å². The van der Waals surface area contributed by atoms with Crippen molar-refractivity contribution in [1.29, 1.82) is 0 Å². The van der Waals surface area contributed by atoms with Crippen LogP contribution in [0.2, 0.25) is 0 Å². The Bertz CT molecular complexity index is 286. The Kier molecular flexibility index (Phi) is 6.12. The maximum atomic E-state index is 11.8. The van der Waals surface area contributed by atoms with Crippen LogP contribution in [-0.2, 0) is 9.59 Å². The van der Waals surface area contributed by atoms with Gasteiger partial charge in [-0.05, 0) is 26.7 Å². The Morgan fingerprint density at radius 1 is 1.28 bits per heavy atom. The summed E-state index contributed by atoms with van der Waals surface area (Å²) in [6, 6.07) is -0.160. The van der Waals surface area contributed by atoms with E-state index in [0.29, 0.717) is 0 Å². The van der Waals surface area contributed by atoms with E-state index >= 15 is 0 Å². The van der Waals surface area contributed by atoms with Crippen LogP contribution < -0.4 is 10.6 Å². The van der Waals surface area contributed by atoms with Gasteiger partial charge < -0.3 is 15.7 Å². The van der Waals surface area contributed by atoms with Gasteiger partial charge in [-0.3, -0.25) is 9.59 Å². The maximum absolute atomic E-state index is 11.8. The lowest BCUT2D eigenvalue weighted by molar-refractivity contribution is -0.126. The van der Waals surface area contributed by atoms with Gasteiger partial charge in [-0.15, -0.1) is 0 Å². The summed E-state index contributed by atoms with van der Waals surface area (Å²) in [7, 11) is 0. The van der Waals surface area contributed by atoms with Crippen LogP contribution in [0.25, 0.3) is 0 Å². The summed E-state index contributed by atoms with van der Waals surface area (Å²) in [5, 5.41) is 14.5. The minimum atomic E-state index is -0.544. The van der Waals surface area contributed by atoms with Crippen LogP contribution in [0.15, 0.2) is 0 Å². The fourth-order valence-electron chi connectivity index (χ4n) is 2.21. The van der Waals surface area contributed by atoms with E-state index < -0.39 is 6.10 Å². The molecule has 2 unspecified atom stereocenters. The molecule has 0 heterocycles. The molecular formula is C13H24N2O3. The van der Waals surface area contributed by atoms with Crippen molar-refractivity contribution in [2.75, 3.05) is 6.54 Å². The monoisotopic (exact) mass is 256 g/mol. The van der Waals surface area contributed by atoms with Gasteiger partial charge in [0.15, 0.2) is 0 Å². The van der Waals surface area contributed by atoms with Crippen molar-refractivity contribution in [2.45, 2.75) is 58.1 Å². The zero-order valence-corrected chi connectivity index (χ0v) is 11.2. The zero-order chi connectivity index (χ0) is 13.5. The summed E-state index contributed by atoms with van der Waals surface area (Å²) in [4.78, 5) is 23.3. The van der Waals surface area contributed by atoms with Crippen LogP contribution in [0.1, 0.15) is 46.0 Å². The van der Waals surface area contributed by atoms with Gasteiger partial charge in [0.1, 0.15) is 0 Å². The van der Waals surface area contributed by atoms with E-state index in [1.165, 1.54) is 0 Å². The summed E-state index contributed by atoms with van der Waals surface area (Å²) in [6.07, 6.45) is 3.89. The molecule has 0 spiro atoms. The van der Waals surface area contributed by atoms with Crippen LogP contribution >= 0.6 is 0 Å². The predicted molar refractivity (Wildman–Crippen MR) is 68.9 cm³/mol. The maximum Gasteiger partial charge on any atom is 0.223 e. The highest BCUT2D eigenvalue weighted by atomic mass is 16.3. The second-order valence-electron chi connectivity index (χ2n) is 5.25. The smallest absolute Gasteiger partial charge is 0.223 e. The molecule has 5 nitrogen and oxygen atoms in total. The van der Waals surface area contributed by atoms with Crippen molar-refractivity contribution >= 4 is 11.8 Å². The van der Waals surface area contributed by atoms with Gasteiger partial charge in [0.25, 0.3) is 0 Å². The molecule has 0 aromatic rings. The molecule has 2 atom stereocenters. The SMILES string of the molecule is CC(O)CNC(=O)CC(C)NC(=O)C1CCCC1. The van der Waals surface area contributed by atoms with Crippen LogP contribution in [0.3, 0.4) is 0 Å². The first-order chi connectivity index (χ1) is 8.49. The van der Waals surface area contributed by atoms with Crippen LogP contribution in [0, 0.1) is 5.92 Å². The fraction of sp³-hybridized carbons (Fsp3) is 0.846. The molecule has 0 aromatic carbocycles. The highest BCUT2D eigenvalue weighted by Crippen LogP contribution is 2.24. The second kappa shape index (κ2) is 7.36. The largest absolute Gasteiger partial charge is 0.392 e. The number of aliphatic hydroxyl groups excluding tert-OH is 1. The van der Waals surface area contributed by atoms with E-state index in [9.17, 15) is 9.59 Å². The quantitative estimate of drug-likeness (QED) is 0.650. The number of aliphatic hydroxyl groups is 1. The summed E-state index contributed by atoms with van der Waals surface area (Å²) >= 11 is 0. The summed E-state index contributed by atoms with van der Waals surface area (Å²) in [5.41, 5.74) is 0. The summed E-state index contributed by atoms with van der Waals surface area (Å²) < 4.78 is 0. The van der Waals surface area contributed by atoms with Crippen molar-refractivity contribution in [3.8, 4) is 0 Å². The lowest BCUT2D eigenvalue weighted by atomic mass is 10.1. The van der Waals surface area contributed by atoms with Crippen molar-refractivity contribution in [3.05, 3.63) is 0 Å². The molecule has 0 saturated heterocycles.